The quantitative estimate of drug-likeness (QED) is 0.528. The highest BCUT2D eigenvalue weighted by Crippen LogP contribution is 2.02. The molecule has 0 aliphatic heterocycles. The highest BCUT2D eigenvalue weighted by molar-refractivity contribution is 5.81. The highest BCUT2D eigenvalue weighted by Gasteiger charge is 2.12. The molecule has 0 fully saturated rings. The molecule has 0 saturated heterocycles. The van der Waals surface area contributed by atoms with Crippen LogP contribution in [0.2, 0.25) is 0 Å². The van der Waals surface area contributed by atoms with Crippen molar-refractivity contribution in [2.24, 2.45) is 5.73 Å². The topological polar surface area (TPSA) is 102 Å². The van der Waals surface area contributed by atoms with Crippen molar-refractivity contribution < 1.29 is 19.4 Å². The second-order valence-electron chi connectivity index (χ2n) is 5.06. The molecule has 0 spiro atoms. The Morgan fingerprint density at radius 3 is 2.64 bits per heavy atom. The first-order chi connectivity index (χ1) is 10.6. The molecular formula is C16H24N2O4. The van der Waals surface area contributed by atoms with Crippen molar-refractivity contribution in [2.45, 2.75) is 31.7 Å². The van der Waals surface area contributed by atoms with Gasteiger partial charge in [-0.2, -0.15) is 0 Å². The van der Waals surface area contributed by atoms with Crippen LogP contribution in [0.4, 0.5) is 0 Å². The van der Waals surface area contributed by atoms with Crippen LogP contribution in [0.5, 0.6) is 0 Å². The molecule has 1 aromatic carbocycles. The summed E-state index contributed by atoms with van der Waals surface area (Å²) in [4.78, 5) is 21.9. The lowest BCUT2D eigenvalue weighted by Crippen LogP contribution is -2.44. The van der Waals surface area contributed by atoms with Gasteiger partial charge in [-0.25, -0.2) is 0 Å². The standard InChI is InChI=1S/C16H24N2O4/c17-14(16(21)18-10-4-9-15(19)20)12-22-11-5-8-13-6-2-1-3-7-13/h1-3,6-7,14H,4-5,8-12,17H2,(H,18,21)(H,19,20). The first-order valence-electron chi connectivity index (χ1n) is 7.46. The second-order valence-corrected chi connectivity index (χ2v) is 5.06. The van der Waals surface area contributed by atoms with E-state index >= 15 is 0 Å². The van der Waals surface area contributed by atoms with Crippen LogP contribution in [0.15, 0.2) is 30.3 Å². The van der Waals surface area contributed by atoms with Gasteiger partial charge in [0.2, 0.25) is 5.91 Å². The van der Waals surface area contributed by atoms with Gasteiger partial charge in [-0.1, -0.05) is 30.3 Å². The van der Waals surface area contributed by atoms with E-state index in [2.05, 4.69) is 17.4 Å². The van der Waals surface area contributed by atoms with Gasteiger partial charge in [-0.3, -0.25) is 9.59 Å². The number of rotatable bonds is 11. The predicted octanol–water partition coefficient (Wildman–Crippen LogP) is 0.944. The fraction of sp³-hybridized carbons (Fsp3) is 0.500. The Morgan fingerprint density at radius 2 is 1.95 bits per heavy atom. The van der Waals surface area contributed by atoms with Gasteiger partial charge < -0.3 is 20.9 Å². The van der Waals surface area contributed by atoms with Gasteiger partial charge in [-0.15, -0.1) is 0 Å². The van der Waals surface area contributed by atoms with Crippen molar-refractivity contribution in [2.75, 3.05) is 19.8 Å². The van der Waals surface area contributed by atoms with E-state index in [-0.39, 0.29) is 18.9 Å². The van der Waals surface area contributed by atoms with Crippen LogP contribution in [0.1, 0.15) is 24.8 Å². The summed E-state index contributed by atoms with van der Waals surface area (Å²) in [5.74, 6) is -1.19. The first kappa shape index (κ1) is 18.1. The van der Waals surface area contributed by atoms with Crippen molar-refractivity contribution >= 4 is 11.9 Å². The fourth-order valence-electron chi connectivity index (χ4n) is 1.89. The average molecular weight is 308 g/mol. The minimum atomic E-state index is -0.875. The molecule has 4 N–H and O–H groups in total. The Kier molecular flexibility index (Phi) is 8.86. The summed E-state index contributed by atoms with van der Waals surface area (Å²) in [5, 5.41) is 11.1. The zero-order valence-electron chi connectivity index (χ0n) is 12.7. The largest absolute Gasteiger partial charge is 0.481 e. The van der Waals surface area contributed by atoms with E-state index in [1.165, 1.54) is 5.56 Å². The molecule has 1 atom stereocenters. The zero-order chi connectivity index (χ0) is 16.2. The molecule has 1 amide bonds. The van der Waals surface area contributed by atoms with Gasteiger partial charge >= 0.3 is 5.97 Å². The first-order valence-corrected chi connectivity index (χ1v) is 7.46. The van der Waals surface area contributed by atoms with Crippen molar-refractivity contribution in [3.63, 3.8) is 0 Å². The normalized spacial score (nSPS) is 11.9. The molecule has 0 radical (unpaired) electrons. The van der Waals surface area contributed by atoms with Gasteiger partial charge in [0.15, 0.2) is 0 Å². The number of hydrogen-bond donors (Lipinski definition) is 3. The maximum Gasteiger partial charge on any atom is 0.303 e. The van der Waals surface area contributed by atoms with E-state index in [1.807, 2.05) is 18.2 Å². The Hall–Kier alpha value is -1.92. The lowest BCUT2D eigenvalue weighted by atomic mass is 10.1. The maximum absolute atomic E-state index is 11.6. The van der Waals surface area contributed by atoms with Crippen LogP contribution < -0.4 is 11.1 Å². The number of benzene rings is 1. The molecule has 6 nitrogen and oxygen atoms in total. The smallest absolute Gasteiger partial charge is 0.303 e. The number of carboxylic acids is 1. The number of nitrogens with one attached hydrogen (secondary N) is 1. The maximum atomic E-state index is 11.6. The molecule has 0 aliphatic carbocycles. The summed E-state index contributed by atoms with van der Waals surface area (Å²) >= 11 is 0. The molecule has 1 unspecified atom stereocenters. The van der Waals surface area contributed by atoms with E-state index in [1.54, 1.807) is 0 Å². The lowest BCUT2D eigenvalue weighted by Gasteiger charge is -2.12. The van der Waals surface area contributed by atoms with E-state index in [0.717, 1.165) is 12.8 Å². The van der Waals surface area contributed by atoms with Gasteiger partial charge in [0.05, 0.1) is 6.61 Å². The summed E-state index contributed by atoms with van der Waals surface area (Å²) in [6, 6.07) is 9.39. The van der Waals surface area contributed by atoms with Crippen LogP contribution >= 0.6 is 0 Å². The van der Waals surface area contributed by atoms with Crippen LogP contribution in [-0.2, 0) is 20.7 Å². The lowest BCUT2D eigenvalue weighted by molar-refractivity contribution is -0.137. The molecule has 0 aliphatic rings. The van der Waals surface area contributed by atoms with Crippen LogP contribution in [0.3, 0.4) is 0 Å². The highest BCUT2D eigenvalue weighted by atomic mass is 16.5. The number of ether oxygens (including phenoxy) is 1. The molecule has 22 heavy (non-hydrogen) atoms. The Balaban J connectivity index is 2.03. The van der Waals surface area contributed by atoms with Crippen molar-refractivity contribution in [3.05, 3.63) is 35.9 Å². The van der Waals surface area contributed by atoms with Crippen molar-refractivity contribution in [1.29, 1.82) is 0 Å². The SMILES string of the molecule is NC(COCCCc1ccccc1)C(=O)NCCCC(=O)O. The number of nitrogens with two attached hydrogens (primary N) is 1. The number of aliphatic carboxylic acids is 1. The van der Waals surface area contributed by atoms with Crippen LogP contribution in [0.25, 0.3) is 0 Å². The fourth-order valence-corrected chi connectivity index (χ4v) is 1.89. The molecular weight excluding hydrogens is 284 g/mol. The molecule has 0 saturated carbocycles. The Morgan fingerprint density at radius 1 is 1.23 bits per heavy atom. The molecule has 1 rings (SSSR count). The van der Waals surface area contributed by atoms with Gasteiger partial charge in [0, 0.05) is 19.6 Å². The summed E-state index contributed by atoms with van der Waals surface area (Å²) < 4.78 is 5.40. The molecule has 122 valence electrons. The Labute approximate surface area is 130 Å². The molecule has 0 aromatic heterocycles. The minimum absolute atomic E-state index is 0.0332. The second kappa shape index (κ2) is 10.8. The number of aryl methyl sites for hydroxylation is 1. The number of carboxylic acid groups (broad SMARTS) is 1. The number of carbonyl (C=O) groups excluding carboxylic acids is 1. The molecule has 6 heteroatoms. The van der Waals surface area contributed by atoms with E-state index in [0.29, 0.717) is 19.6 Å². The van der Waals surface area contributed by atoms with E-state index in [9.17, 15) is 9.59 Å². The van der Waals surface area contributed by atoms with E-state index in [4.69, 9.17) is 15.6 Å². The molecule has 1 aromatic rings. The van der Waals surface area contributed by atoms with E-state index < -0.39 is 12.0 Å². The van der Waals surface area contributed by atoms with Gasteiger partial charge in [0.1, 0.15) is 6.04 Å². The third kappa shape index (κ3) is 8.39. The number of amides is 1. The predicted molar refractivity (Wildman–Crippen MR) is 83.4 cm³/mol. The van der Waals surface area contributed by atoms with Crippen molar-refractivity contribution in [3.8, 4) is 0 Å². The van der Waals surface area contributed by atoms with Crippen LogP contribution in [-0.4, -0.2) is 42.8 Å². The van der Waals surface area contributed by atoms with Gasteiger partial charge in [0.25, 0.3) is 0 Å². The summed E-state index contributed by atoms with van der Waals surface area (Å²) in [6.45, 7) is 1.03. The number of carbonyl (C=O) groups is 2. The van der Waals surface area contributed by atoms with Crippen LogP contribution in [0, 0.1) is 0 Å². The summed E-state index contributed by atoms with van der Waals surface area (Å²) in [5.41, 5.74) is 6.96. The van der Waals surface area contributed by atoms with Gasteiger partial charge in [-0.05, 0) is 24.8 Å². The summed E-state index contributed by atoms with van der Waals surface area (Å²) in [6.07, 6.45) is 2.23. The third-order valence-corrected chi connectivity index (χ3v) is 3.10. The molecule has 0 heterocycles. The minimum Gasteiger partial charge on any atom is -0.481 e. The van der Waals surface area contributed by atoms with Crippen molar-refractivity contribution in [1.82, 2.24) is 5.32 Å². The third-order valence-electron chi connectivity index (χ3n) is 3.10. The zero-order valence-corrected chi connectivity index (χ0v) is 12.7. The average Bonchev–Trinajstić information content (AvgIpc) is 2.51. The Bertz CT molecular complexity index is 451. The summed E-state index contributed by atoms with van der Waals surface area (Å²) in [7, 11) is 0. The number of hydrogen-bond acceptors (Lipinski definition) is 4. The molecule has 0 bridgehead atoms. The monoisotopic (exact) mass is 308 g/mol.